The number of carbonyl (C=O) groups excluding carboxylic acids is 2. The van der Waals surface area contributed by atoms with Crippen molar-refractivity contribution < 1.29 is 19.1 Å². The second-order valence-corrected chi connectivity index (χ2v) is 6.67. The third-order valence-corrected chi connectivity index (χ3v) is 4.26. The van der Waals surface area contributed by atoms with E-state index in [0.29, 0.717) is 10.6 Å². The predicted molar refractivity (Wildman–Crippen MR) is 112 cm³/mol. The Morgan fingerprint density at radius 1 is 0.724 bits per heavy atom. The molecule has 0 aliphatic heterocycles. The fourth-order valence-corrected chi connectivity index (χ4v) is 2.76. The molecule has 5 heteroatoms. The summed E-state index contributed by atoms with van der Waals surface area (Å²) >= 11 is 6.01. The molecule has 3 rings (SSSR count). The third kappa shape index (κ3) is 6.33. The number of ether oxygens (including phenoxy) is 2. The number of hydrogen-bond donors (Lipinski definition) is 0. The van der Waals surface area contributed by atoms with Crippen LogP contribution in [0.4, 0.5) is 0 Å². The first kappa shape index (κ1) is 20.4. The average Bonchev–Trinajstić information content (AvgIpc) is 2.75. The van der Waals surface area contributed by atoms with Gasteiger partial charge in [-0.15, -0.1) is 0 Å². The first-order chi connectivity index (χ1) is 14.1. The fraction of sp³-hybridized carbons (Fsp3) is 0.0833. The Kier molecular flexibility index (Phi) is 7.20. The lowest BCUT2D eigenvalue weighted by atomic mass is 10.1. The summed E-state index contributed by atoms with van der Waals surface area (Å²) in [7, 11) is 0. The second kappa shape index (κ2) is 10.2. The average molecular weight is 407 g/mol. The standard InChI is InChI=1S/C24H19ClO4/c25-21-13-7-12-20(14-21)15-22(23(26)28-16-18-8-3-1-4-9-18)24(27)29-17-19-10-5-2-6-11-19/h1-15H,16-17H2. The van der Waals surface area contributed by atoms with Crippen molar-refractivity contribution in [2.24, 2.45) is 0 Å². The minimum atomic E-state index is -0.758. The quantitative estimate of drug-likeness (QED) is 0.234. The molecule has 29 heavy (non-hydrogen) atoms. The van der Waals surface area contributed by atoms with E-state index in [2.05, 4.69) is 0 Å². The van der Waals surface area contributed by atoms with Crippen LogP contribution < -0.4 is 0 Å². The van der Waals surface area contributed by atoms with Gasteiger partial charge in [-0.1, -0.05) is 84.4 Å². The molecule has 0 spiro atoms. The van der Waals surface area contributed by atoms with Crippen LogP contribution >= 0.6 is 11.6 Å². The lowest BCUT2D eigenvalue weighted by Crippen LogP contribution is -2.18. The Balaban J connectivity index is 1.76. The molecule has 0 saturated heterocycles. The summed E-state index contributed by atoms with van der Waals surface area (Å²) in [5.74, 6) is -1.52. The van der Waals surface area contributed by atoms with Crippen molar-refractivity contribution >= 4 is 29.6 Å². The Bertz CT molecular complexity index is 940. The molecule has 0 aliphatic carbocycles. The summed E-state index contributed by atoms with van der Waals surface area (Å²) in [6, 6.07) is 25.3. The van der Waals surface area contributed by atoms with Gasteiger partial charge in [-0.25, -0.2) is 9.59 Å². The minimum Gasteiger partial charge on any atom is -0.457 e. The molecule has 0 saturated carbocycles. The maximum Gasteiger partial charge on any atom is 0.345 e. The molecule has 0 amide bonds. The van der Waals surface area contributed by atoms with Crippen LogP contribution in [0.15, 0.2) is 90.5 Å². The van der Waals surface area contributed by atoms with Crippen LogP contribution in [0.5, 0.6) is 0 Å². The molecule has 0 bridgehead atoms. The summed E-state index contributed by atoms with van der Waals surface area (Å²) in [4.78, 5) is 25.3. The minimum absolute atomic E-state index is 0.0541. The molecule has 0 heterocycles. The number of carbonyl (C=O) groups is 2. The summed E-state index contributed by atoms with van der Waals surface area (Å²) in [5.41, 5.74) is 2.04. The van der Waals surface area contributed by atoms with Crippen LogP contribution in [-0.2, 0) is 32.3 Å². The molecule has 0 atom stereocenters. The molecule has 0 aromatic heterocycles. The Hall–Kier alpha value is -3.37. The van der Waals surface area contributed by atoms with Crippen molar-refractivity contribution in [1.82, 2.24) is 0 Å². The van der Waals surface area contributed by atoms with E-state index in [4.69, 9.17) is 21.1 Å². The van der Waals surface area contributed by atoms with Crippen molar-refractivity contribution in [1.29, 1.82) is 0 Å². The van der Waals surface area contributed by atoms with E-state index in [1.54, 1.807) is 24.3 Å². The molecule has 0 unspecified atom stereocenters. The van der Waals surface area contributed by atoms with Crippen LogP contribution in [0.3, 0.4) is 0 Å². The summed E-state index contributed by atoms with van der Waals surface area (Å²) in [6.45, 7) is 0.108. The van der Waals surface area contributed by atoms with Gasteiger partial charge in [0.25, 0.3) is 0 Å². The van der Waals surface area contributed by atoms with E-state index in [-0.39, 0.29) is 18.8 Å². The zero-order valence-electron chi connectivity index (χ0n) is 15.6. The Morgan fingerprint density at radius 2 is 1.24 bits per heavy atom. The van der Waals surface area contributed by atoms with Gasteiger partial charge in [0.05, 0.1) is 0 Å². The van der Waals surface area contributed by atoms with E-state index < -0.39 is 11.9 Å². The van der Waals surface area contributed by atoms with Crippen LogP contribution in [-0.4, -0.2) is 11.9 Å². The van der Waals surface area contributed by atoms with Gasteiger partial charge in [-0.05, 0) is 34.9 Å². The first-order valence-corrected chi connectivity index (χ1v) is 9.39. The Labute approximate surface area is 174 Å². The zero-order chi connectivity index (χ0) is 20.5. The van der Waals surface area contributed by atoms with Gasteiger partial charge in [-0.2, -0.15) is 0 Å². The number of hydrogen-bond acceptors (Lipinski definition) is 4. The highest BCUT2D eigenvalue weighted by Gasteiger charge is 2.22. The van der Waals surface area contributed by atoms with Gasteiger partial charge in [-0.3, -0.25) is 0 Å². The lowest BCUT2D eigenvalue weighted by molar-refractivity contribution is -0.148. The highest BCUT2D eigenvalue weighted by Crippen LogP contribution is 2.16. The largest absolute Gasteiger partial charge is 0.457 e. The maximum absolute atomic E-state index is 12.6. The first-order valence-electron chi connectivity index (χ1n) is 9.01. The summed E-state index contributed by atoms with van der Waals surface area (Å²) < 4.78 is 10.6. The molecular weight excluding hydrogens is 388 g/mol. The van der Waals surface area contributed by atoms with E-state index in [1.807, 2.05) is 60.7 Å². The Morgan fingerprint density at radius 3 is 1.72 bits per heavy atom. The van der Waals surface area contributed by atoms with Crippen molar-refractivity contribution in [3.63, 3.8) is 0 Å². The van der Waals surface area contributed by atoms with Gasteiger partial charge in [0.1, 0.15) is 18.8 Å². The van der Waals surface area contributed by atoms with Crippen LogP contribution in [0.1, 0.15) is 16.7 Å². The molecule has 3 aromatic rings. The molecule has 0 N–H and O–H groups in total. The monoisotopic (exact) mass is 406 g/mol. The van der Waals surface area contributed by atoms with Gasteiger partial charge in [0.2, 0.25) is 0 Å². The highest BCUT2D eigenvalue weighted by molar-refractivity contribution is 6.30. The summed E-state index contributed by atoms with van der Waals surface area (Å²) in [5, 5.41) is 0.494. The molecule has 0 fully saturated rings. The third-order valence-electron chi connectivity index (χ3n) is 4.03. The molecular formula is C24H19ClO4. The predicted octanol–water partition coefficient (Wildman–Crippen LogP) is 5.21. The van der Waals surface area contributed by atoms with E-state index in [0.717, 1.165) is 11.1 Å². The van der Waals surface area contributed by atoms with E-state index in [1.165, 1.54) is 6.08 Å². The van der Waals surface area contributed by atoms with E-state index in [9.17, 15) is 9.59 Å². The van der Waals surface area contributed by atoms with Crippen molar-refractivity contribution in [3.05, 3.63) is 112 Å². The smallest absolute Gasteiger partial charge is 0.345 e. The summed E-state index contributed by atoms with van der Waals surface area (Å²) in [6.07, 6.45) is 1.42. The molecule has 0 aliphatic rings. The second-order valence-electron chi connectivity index (χ2n) is 6.24. The van der Waals surface area contributed by atoms with Gasteiger partial charge >= 0.3 is 11.9 Å². The van der Waals surface area contributed by atoms with Crippen molar-refractivity contribution in [2.75, 3.05) is 0 Å². The topological polar surface area (TPSA) is 52.6 Å². The highest BCUT2D eigenvalue weighted by atomic mass is 35.5. The number of rotatable bonds is 7. The van der Waals surface area contributed by atoms with Gasteiger partial charge < -0.3 is 9.47 Å². The normalized spacial score (nSPS) is 10.1. The van der Waals surface area contributed by atoms with Crippen LogP contribution in [0.2, 0.25) is 5.02 Å². The van der Waals surface area contributed by atoms with Crippen molar-refractivity contribution in [3.8, 4) is 0 Å². The van der Waals surface area contributed by atoms with Gasteiger partial charge in [0.15, 0.2) is 0 Å². The zero-order valence-corrected chi connectivity index (χ0v) is 16.3. The molecule has 0 radical (unpaired) electrons. The molecule has 3 aromatic carbocycles. The maximum atomic E-state index is 12.6. The number of esters is 2. The lowest BCUT2D eigenvalue weighted by Gasteiger charge is -2.10. The van der Waals surface area contributed by atoms with Crippen LogP contribution in [0, 0.1) is 0 Å². The van der Waals surface area contributed by atoms with E-state index >= 15 is 0 Å². The van der Waals surface area contributed by atoms with Crippen molar-refractivity contribution in [2.45, 2.75) is 13.2 Å². The molecule has 146 valence electrons. The fourth-order valence-electron chi connectivity index (χ4n) is 2.57. The SMILES string of the molecule is O=C(OCc1ccccc1)C(=Cc1cccc(Cl)c1)C(=O)OCc1ccccc1. The molecule has 4 nitrogen and oxygen atoms in total. The number of benzene rings is 3. The van der Waals surface area contributed by atoms with Crippen LogP contribution in [0.25, 0.3) is 6.08 Å². The van der Waals surface area contributed by atoms with Gasteiger partial charge in [0, 0.05) is 5.02 Å². The number of halogens is 1.